The van der Waals surface area contributed by atoms with Crippen molar-refractivity contribution < 1.29 is 19.4 Å². The number of rotatable bonds is 8. The van der Waals surface area contributed by atoms with Crippen molar-refractivity contribution in [3.05, 3.63) is 23.8 Å². The van der Waals surface area contributed by atoms with Crippen LogP contribution in [0.2, 0.25) is 0 Å². The molecule has 0 radical (unpaired) electrons. The quantitative estimate of drug-likeness (QED) is 0.789. The van der Waals surface area contributed by atoms with E-state index in [1.165, 1.54) is 7.11 Å². The molecular formula is C15H20N2O4. The lowest BCUT2D eigenvalue weighted by molar-refractivity contribution is -0.137. The first-order valence-electron chi connectivity index (χ1n) is 6.64. The van der Waals surface area contributed by atoms with Gasteiger partial charge in [0.15, 0.2) is 0 Å². The minimum atomic E-state index is -0.886. The average Bonchev–Trinajstić information content (AvgIpc) is 2.50. The first-order valence-corrected chi connectivity index (χ1v) is 6.64. The lowest BCUT2D eigenvalue weighted by atomic mass is 10.0. The Morgan fingerprint density at radius 2 is 2.14 bits per heavy atom. The second kappa shape index (κ2) is 8.12. The molecule has 1 N–H and O–H groups in total. The number of ether oxygens (including phenoxy) is 2. The molecule has 1 rings (SSSR count). The number of carboxylic acid groups (broad SMARTS) is 1. The van der Waals surface area contributed by atoms with Gasteiger partial charge < -0.3 is 14.6 Å². The number of carbonyl (C=O) groups is 1. The van der Waals surface area contributed by atoms with E-state index in [1.54, 1.807) is 30.2 Å². The molecule has 21 heavy (non-hydrogen) atoms. The van der Waals surface area contributed by atoms with Gasteiger partial charge in [-0.25, -0.2) is 0 Å². The molecule has 0 amide bonds. The normalized spacial score (nSPS) is 11.8. The van der Waals surface area contributed by atoms with Crippen molar-refractivity contribution in [3.8, 4) is 17.6 Å². The van der Waals surface area contributed by atoms with Crippen LogP contribution in [0.3, 0.4) is 0 Å². The molecule has 0 aromatic heterocycles. The van der Waals surface area contributed by atoms with E-state index in [1.807, 2.05) is 6.92 Å². The van der Waals surface area contributed by atoms with Crippen molar-refractivity contribution in [1.82, 2.24) is 4.90 Å². The zero-order chi connectivity index (χ0) is 15.8. The van der Waals surface area contributed by atoms with Gasteiger partial charge in [-0.05, 0) is 24.7 Å². The minimum Gasteiger partial charge on any atom is -0.497 e. The number of benzene rings is 1. The molecule has 0 saturated carbocycles. The smallest absolute Gasteiger partial charge is 0.304 e. The summed E-state index contributed by atoms with van der Waals surface area (Å²) >= 11 is 0. The molecule has 0 aliphatic carbocycles. The van der Waals surface area contributed by atoms with Crippen LogP contribution in [0.1, 0.15) is 24.9 Å². The summed E-state index contributed by atoms with van der Waals surface area (Å²) in [6.45, 7) is 2.75. The molecule has 1 unspecified atom stereocenters. The second-order valence-corrected chi connectivity index (χ2v) is 4.41. The summed E-state index contributed by atoms with van der Waals surface area (Å²) in [7, 11) is 3.09. The van der Waals surface area contributed by atoms with Crippen molar-refractivity contribution in [3.63, 3.8) is 0 Å². The number of hydrogen-bond acceptors (Lipinski definition) is 5. The van der Waals surface area contributed by atoms with Gasteiger partial charge in [0.25, 0.3) is 0 Å². The summed E-state index contributed by atoms with van der Waals surface area (Å²) in [6.07, 6.45) is -0.0156. The fourth-order valence-corrected chi connectivity index (χ4v) is 2.11. The summed E-state index contributed by atoms with van der Waals surface area (Å²) in [4.78, 5) is 12.5. The number of nitrogens with zero attached hydrogens (tertiary/aromatic N) is 2. The Morgan fingerprint density at radius 1 is 1.43 bits per heavy atom. The van der Waals surface area contributed by atoms with E-state index >= 15 is 0 Å². The Bertz CT molecular complexity index is 525. The highest BCUT2D eigenvalue weighted by molar-refractivity contribution is 5.66. The van der Waals surface area contributed by atoms with Gasteiger partial charge in [0.2, 0.25) is 0 Å². The lowest BCUT2D eigenvalue weighted by Crippen LogP contribution is -2.30. The number of hydrogen-bond donors (Lipinski definition) is 1. The summed E-state index contributed by atoms with van der Waals surface area (Å²) in [5.74, 6) is 0.319. The van der Waals surface area contributed by atoms with Gasteiger partial charge in [-0.1, -0.05) is 6.92 Å². The zero-order valence-corrected chi connectivity index (χ0v) is 12.5. The van der Waals surface area contributed by atoms with Gasteiger partial charge >= 0.3 is 5.97 Å². The molecule has 6 nitrogen and oxygen atoms in total. The van der Waals surface area contributed by atoms with Gasteiger partial charge in [0, 0.05) is 12.1 Å². The number of aliphatic carboxylic acids is 1. The summed E-state index contributed by atoms with van der Waals surface area (Å²) in [5.41, 5.74) is 0.673. The van der Waals surface area contributed by atoms with Crippen molar-refractivity contribution in [1.29, 1.82) is 5.26 Å². The van der Waals surface area contributed by atoms with Crippen LogP contribution < -0.4 is 9.47 Å². The van der Waals surface area contributed by atoms with E-state index in [0.29, 0.717) is 30.2 Å². The van der Waals surface area contributed by atoms with E-state index in [-0.39, 0.29) is 6.42 Å². The van der Waals surface area contributed by atoms with Gasteiger partial charge in [0.1, 0.15) is 17.5 Å². The molecule has 1 atom stereocenters. The average molecular weight is 292 g/mol. The van der Waals surface area contributed by atoms with Crippen molar-refractivity contribution >= 4 is 5.97 Å². The summed E-state index contributed by atoms with van der Waals surface area (Å²) < 4.78 is 10.5. The zero-order valence-electron chi connectivity index (χ0n) is 12.5. The Morgan fingerprint density at radius 3 is 2.62 bits per heavy atom. The maximum Gasteiger partial charge on any atom is 0.304 e. The van der Waals surface area contributed by atoms with Gasteiger partial charge in [-0.15, -0.1) is 0 Å². The topological polar surface area (TPSA) is 82.8 Å². The van der Waals surface area contributed by atoms with Gasteiger partial charge in [-0.2, -0.15) is 5.26 Å². The van der Waals surface area contributed by atoms with E-state index in [9.17, 15) is 10.1 Å². The highest BCUT2D eigenvalue weighted by Gasteiger charge is 2.23. The fourth-order valence-electron chi connectivity index (χ4n) is 2.11. The van der Waals surface area contributed by atoms with E-state index in [2.05, 4.69) is 6.07 Å². The third kappa shape index (κ3) is 4.36. The van der Waals surface area contributed by atoms with Crippen LogP contribution in [0.25, 0.3) is 0 Å². The molecule has 0 aliphatic heterocycles. The Hall–Kier alpha value is -2.26. The molecule has 0 saturated heterocycles. The Kier molecular flexibility index (Phi) is 6.50. The molecule has 114 valence electrons. The number of carboxylic acids is 1. The second-order valence-electron chi connectivity index (χ2n) is 4.41. The first-order chi connectivity index (χ1) is 10.1. The number of nitriles is 1. The molecule has 6 heteroatoms. The van der Waals surface area contributed by atoms with Crippen LogP contribution in [0.5, 0.6) is 11.5 Å². The molecular weight excluding hydrogens is 272 g/mol. The standard InChI is InChI=1S/C15H20N2O4/c1-4-17(8-7-15(18)19)13(10-16)12-9-11(20-2)5-6-14(12)21-3/h5-6,9,13H,4,7-8H2,1-3H3,(H,18,19). The SMILES string of the molecule is CCN(CCC(=O)O)C(C#N)c1cc(OC)ccc1OC. The fraction of sp³-hybridized carbons (Fsp3) is 0.467. The van der Waals surface area contributed by atoms with Gasteiger partial charge in [0.05, 0.1) is 26.7 Å². The monoisotopic (exact) mass is 292 g/mol. The lowest BCUT2D eigenvalue weighted by Gasteiger charge is -2.26. The highest BCUT2D eigenvalue weighted by atomic mass is 16.5. The molecule has 0 bridgehead atoms. The van der Waals surface area contributed by atoms with Crippen LogP contribution >= 0.6 is 0 Å². The molecule has 1 aromatic rings. The van der Waals surface area contributed by atoms with Crippen LogP contribution in [-0.2, 0) is 4.79 Å². The molecule has 0 heterocycles. The van der Waals surface area contributed by atoms with Crippen molar-refractivity contribution in [2.45, 2.75) is 19.4 Å². The van der Waals surface area contributed by atoms with Crippen LogP contribution in [-0.4, -0.2) is 43.3 Å². The maximum atomic E-state index is 10.7. The van der Waals surface area contributed by atoms with Crippen molar-refractivity contribution in [2.24, 2.45) is 0 Å². The molecule has 0 aliphatic rings. The third-order valence-corrected chi connectivity index (χ3v) is 3.24. The first kappa shape index (κ1) is 16.8. The number of methoxy groups -OCH3 is 2. The predicted octanol–water partition coefficient (Wildman–Crippen LogP) is 2.07. The minimum absolute atomic E-state index is 0.0156. The van der Waals surface area contributed by atoms with Crippen LogP contribution in [0, 0.1) is 11.3 Å². The van der Waals surface area contributed by atoms with E-state index < -0.39 is 12.0 Å². The van der Waals surface area contributed by atoms with E-state index in [0.717, 1.165) is 0 Å². The van der Waals surface area contributed by atoms with Crippen molar-refractivity contribution in [2.75, 3.05) is 27.3 Å². The Balaban J connectivity index is 3.12. The molecule has 1 aromatic carbocycles. The van der Waals surface area contributed by atoms with Crippen LogP contribution in [0.15, 0.2) is 18.2 Å². The summed E-state index contributed by atoms with van der Waals surface area (Å²) in [6, 6.07) is 6.87. The van der Waals surface area contributed by atoms with Gasteiger partial charge in [-0.3, -0.25) is 9.69 Å². The van der Waals surface area contributed by atoms with E-state index in [4.69, 9.17) is 14.6 Å². The third-order valence-electron chi connectivity index (χ3n) is 3.24. The maximum absolute atomic E-state index is 10.7. The highest BCUT2D eigenvalue weighted by Crippen LogP contribution is 2.32. The summed E-state index contributed by atoms with van der Waals surface area (Å²) in [5, 5.41) is 18.3. The molecule has 0 spiro atoms. The molecule has 0 fully saturated rings. The largest absolute Gasteiger partial charge is 0.497 e. The Labute approximate surface area is 124 Å². The predicted molar refractivity (Wildman–Crippen MR) is 77.4 cm³/mol. The van der Waals surface area contributed by atoms with Crippen LogP contribution in [0.4, 0.5) is 0 Å².